The van der Waals surface area contributed by atoms with Crippen LogP contribution in [0.3, 0.4) is 0 Å². The summed E-state index contributed by atoms with van der Waals surface area (Å²) in [6.07, 6.45) is 2.13. The molecule has 2 aliphatic rings. The number of likely N-dealkylation sites (N-methyl/N-ethyl adjacent to an activating group) is 2. The molecule has 6 atom stereocenters. The number of carbonyl (C=O) groups is 6. The number of H-pyrrole nitrogens is 1. The lowest BCUT2D eigenvalue weighted by Crippen LogP contribution is -2.56. The van der Waals surface area contributed by atoms with Crippen molar-refractivity contribution < 1.29 is 47.0 Å². The predicted octanol–water partition coefficient (Wildman–Crippen LogP) is 8.62. The van der Waals surface area contributed by atoms with Gasteiger partial charge in [0.05, 0.1) is 22.8 Å². The standard InChI is InChI=1S/C53H74F2N8O8/c1-14-33(25-43(64)31(4)59(12)50(68)70-52(6,7)8)48(66)61-23-15-17-36(61)28-39-38-21-19-34(54)26-40(38)56-45(39)46-57-41-27-35(55)20-22-42(41)63(46)29-37-18-16-24-62(37)49(67)44(30(2)3)58-47(65)32(5)60(13)51(69)71-53(9,10)11/h19-22,26-27,30-33,36-37,44,56H,14-18,23-25,28-29H2,1-13H3,(H,58,65)/t31-,32-,33+,36-,37-,44-/m0/s1. The number of aromatic amines is 1. The van der Waals surface area contributed by atoms with Crippen molar-refractivity contribution in [1.82, 2.24) is 39.5 Å². The number of likely N-dealkylation sites (tertiary alicyclic amines) is 2. The summed E-state index contributed by atoms with van der Waals surface area (Å²) < 4.78 is 42.9. The molecule has 6 rings (SSSR count). The Kier molecular flexibility index (Phi) is 16.6. The molecule has 18 heteroatoms. The van der Waals surface area contributed by atoms with Crippen molar-refractivity contribution in [2.75, 3.05) is 27.2 Å². The van der Waals surface area contributed by atoms with E-state index in [0.717, 1.165) is 17.4 Å². The number of benzene rings is 2. The molecular weight excluding hydrogens is 915 g/mol. The van der Waals surface area contributed by atoms with E-state index >= 15 is 0 Å². The summed E-state index contributed by atoms with van der Waals surface area (Å²) in [5.74, 6) is -2.62. The maximum Gasteiger partial charge on any atom is 0.410 e. The first kappa shape index (κ1) is 54.3. The van der Waals surface area contributed by atoms with Gasteiger partial charge in [-0.25, -0.2) is 23.4 Å². The second kappa shape index (κ2) is 21.7. The van der Waals surface area contributed by atoms with Gasteiger partial charge in [-0.1, -0.05) is 20.8 Å². The van der Waals surface area contributed by atoms with Gasteiger partial charge in [-0.05, 0) is 136 Å². The fraction of sp³-hybridized carbons (Fsp3) is 0.604. The molecule has 2 saturated heterocycles. The first-order valence-corrected chi connectivity index (χ1v) is 25.0. The third-order valence-corrected chi connectivity index (χ3v) is 13.8. The molecule has 5 amide bonds. The normalized spacial score (nSPS) is 18.1. The number of fused-ring (bicyclic) bond motifs is 2. The van der Waals surface area contributed by atoms with Gasteiger partial charge in [-0.2, -0.15) is 0 Å². The number of nitrogens with one attached hydrogen (secondary N) is 2. The maximum atomic E-state index is 15.0. The number of imidazole rings is 1. The topological polar surface area (TPSA) is 179 Å². The van der Waals surface area contributed by atoms with Crippen LogP contribution < -0.4 is 5.32 Å². The van der Waals surface area contributed by atoms with E-state index in [-0.39, 0.29) is 48.6 Å². The smallest absolute Gasteiger partial charge is 0.410 e. The number of hydrogen-bond donors (Lipinski definition) is 2. The van der Waals surface area contributed by atoms with E-state index in [0.29, 0.717) is 73.3 Å². The Balaban J connectivity index is 1.29. The fourth-order valence-corrected chi connectivity index (χ4v) is 9.61. The van der Waals surface area contributed by atoms with Crippen molar-refractivity contribution in [3.8, 4) is 11.5 Å². The highest BCUT2D eigenvalue weighted by Gasteiger charge is 2.40. The predicted molar refractivity (Wildman–Crippen MR) is 267 cm³/mol. The zero-order valence-corrected chi connectivity index (χ0v) is 43.8. The minimum absolute atomic E-state index is 0.0550. The third-order valence-electron chi connectivity index (χ3n) is 13.8. The molecule has 2 fully saturated rings. The lowest BCUT2D eigenvalue weighted by atomic mass is 9.93. The Hall–Kier alpha value is -6.07. The Labute approximate surface area is 416 Å². The van der Waals surface area contributed by atoms with Gasteiger partial charge in [-0.15, -0.1) is 0 Å². The number of halogens is 2. The quantitative estimate of drug-likeness (QED) is 0.111. The van der Waals surface area contributed by atoms with Crippen LogP contribution in [-0.2, 0) is 41.6 Å². The first-order valence-electron chi connectivity index (χ1n) is 25.0. The maximum absolute atomic E-state index is 15.0. The van der Waals surface area contributed by atoms with Crippen molar-refractivity contribution in [2.24, 2.45) is 11.8 Å². The summed E-state index contributed by atoms with van der Waals surface area (Å²) in [6.45, 7) is 20.4. The highest BCUT2D eigenvalue weighted by molar-refractivity contribution is 5.94. The molecule has 0 aliphatic carbocycles. The number of Topliss-reactive ketones (excluding diaryl/α,β-unsaturated/α-hetero) is 1. The first-order chi connectivity index (χ1) is 33.2. The third kappa shape index (κ3) is 12.5. The van der Waals surface area contributed by atoms with E-state index in [9.17, 15) is 37.5 Å². The van der Waals surface area contributed by atoms with Crippen molar-refractivity contribution in [3.63, 3.8) is 0 Å². The SMILES string of the molecule is CC[C@H](CC(=O)[C@H](C)N(C)C(=O)OC(C)(C)C)C(=O)N1CCC[C@H]1Cc1c(-c2nc3cc(F)ccc3n2C[C@@H]2CCCN2C(=O)[C@@H](NC(=O)[C@H](C)N(C)C(=O)OC(C)(C)C)C(C)C)[nH]c2cc(F)ccc12. The van der Waals surface area contributed by atoms with E-state index in [4.69, 9.17) is 14.5 Å². The highest BCUT2D eigenvalue weighted by atomic mass is 19.1. The van der Waals surface area contributed by atoms with Crippen molar-refractivity contribution in [1.29, 1.82) is 0 Å². The van der Waals surface area contributed by atoms with E-state index in [1.807, 2.05) is 30.2 Å². The number of aromatic nitrogens is 3. The van der Waals surface area contributed by atoms with Gasteiger partial charge in [0.1, 0.15) is 34.9 Å². The molecule has 388 valence electrons. The monoisotopic (exact) mass is 989 g/mol. The van der Waals surface area contributed by atoms with Crippen LogP contribution in [0.4, 0.5) is 18.4 Å². The average molecular weight is 989 g/mol. The Morgan fingerprint density at radius 2 is 1.37 bits per heavy atom. The molecule has 2 aliphatic heterocycles. The summed E-state index contributed by atoms with van der Waals surface area (Å²) in [6, 6.07) is 5.54. The summed E-state index contributed by atoms with van der Waals surface area (Å²) in [5.41, 5.74) is 1.34. The molecule has 0 unspecified atom stereocenters. The summed E-state index contributed by atoms with van der Waals surface area (Å²) in [4.78, 5) is 96.5. The number of hydrogen-bond acceptors (Lipinski definition) is 9. The molecular formula is C53H74F2N8O8. The van der Waals surface area contributed by atoms with Gasteiger partial charge in [0.25, 0.3) is 0 Å². The molecule has 2 aromatic heterocycles. The van der Waals surface area contributed by atoms with Crippen molar-refractivity contribution in [2.45, 2.75) is 169 Å². The second-order valence-electron chi connectivity index (χ2n) is 21.7. The van der Waals surface area contributed by atoms with Gasteiger partial charge in [0, 0.05) is 75.1 Å². The van der Waals surface area contributed by atoms with Crippen LogP contribution in [0.5, 0.6) is 0 Å². The Bertz CT molecular complexity index is 2630. The summed E-state index contributed by atoms with van der Waals surface area (Å²) in [7, 11) is 2.99. The molecule has 71 heavy (non-hydrogen) atoms. The van der Waals surface area contributed by atoms with Gasteiger partial charge >= 0.3 is 12.2 Å². The van der Waals surface area contributed by atoms with Crippen LogP contribution in [0, 0.1) is 23.5 Å². The highest BCUT2D eigenvalue weighted by Crippen LogP contribution is 2.37. The van der Waals surface area contributed by atoms with Crippen LogP contribution >= 0.6 is 0 Å². The van der Waals surface area contributed by atoms with Crippen LogP contribution in [0.15, 0.2) is 36.4 Å². The molecule has 0 saturated carbocycles. The average Bonchev–Trinajstić information content (AvgIpc) is 4.10. The minimum Gasteiger partial charge on any atom is -0.444 e. The molecule has 0 spiro atoms. The van der Waals surface area contributed by atoms with Crippen molar-refractivity contribution >= 4 is 57.6 Å². The number of ether oxygens (including phenoxy) is 2. The van der Waals surface area contributed by atoms with E-state index in [2.05, 4.69) is 10.3 Å². The molecule has 4 heterocycles. The number of amides is 5. The molecule has 4 aromatic rings. The van der Waals surface area contributed by atoms with Crippen LogP contribution in [0.25, 0.3) is 33.5 Å². The van der Waals surface area contributed by atoms with Gasteiger partial charge in [0.2, 0.25) is 17.7 Å². The Morgan fingerprint density at radius 3 is 1.96 bits per heavy atom. The zero-order valence-electron chi connectivity index (χ0n) is 43.8. The van der Waals surface area contributed by atoms with Crippen LogP contribution in [-0.4, -0.2) is 138 Å². The zero-order chi connectivity index (χ0) is 52.4. The van der Waals surface area contributed by atoms with Crippen LogP contribution in [0.2, 0.25) is 0 Å². The number of nitrogens with zero attached hydrogens (tertiary/aromatic N) is 6. The Morgan fingerprint density at radius 1 is 0.803 bits per heavy atom. The molecule has 2 N–H and O–H groups in total. The number of ketones is 1. The number of carbonyl (C=O) groups excluding carboxylic acids is 6. The van der Waals surface area contributed by atoms with Gasteiger partial charge in [0.15, 0.2) is 11.6 Å². The summed E-state index contributed by atoms with van der Waals surface area (Å²) in [5, 5.41) is 3.65. The lowest BCUT2D eigenvalue weighted by Gasteiger charge is -2.33. The van der Waals surface area contributed by atoms with E-state index in [1.54, 1.807) is 72.4 Å². The van der Waals surface area contributed by atoms with Crippen LogP contribution in [0.1, 0.15) is 120 Å². The van der Waals surface area contributed by atoms with Crippen molar-refractivity contribution in [3.05, 3.63) is 53.6 Å². The molecule has 16 nitrogen and oxygen atoms in total. The molecule has 0 bridgehead atoms. The molecule has 0 radical (unpaired) electrons. The summed E-state index contributed by atoms with van der Waals surface area (Å²) >= 11 is 0. The second-order valence-corrected chi connectivity index (χ2v) is 21.7. The van der Waals surface area contributed by atoms with Gasteiger partial charge < -0.3 is 39.0 Å². The fourth-order valence-electron chi connectivity index (χ4n) is 9.61. The largest absolute Gasteiger partial charge is 0.444 e. The minimum atomic E-state index is -0.937. The lowest BCUT2D eigenvalue weighted by molar-refractivity contribution is -0.139. The van der Waals surface area contributed by atoms with Gasteiger partial charge in [-0.3, -0.25) is 24.1 Å². The molecule has 2 aromatic carbocycles. The van der Waals surface area contributed by atoms with E-state index in [1.165, 1.54) is 48.2 Å². The van der Waals surface area contributed by atoms with E-state index < -0.39 is 65.0 Å². The number of rotatable bonds is 16.